The van der Waals surface area contributed by atoms with Crippen LogP contribution in [-0.2, 0) is 19.2 Å². The third-order valence-corrected chi connectivity index (χ3v) is 1.69. The molecule has 0 heterocycles. The summed E-state index contributed by atoms with van der Waals surface area (Å²) in [4.78, 5) is 27.1. The van der Waals surface area contributed by atoms with E-state index >= 15 is 0 Å². The van der Waals surface area contributed by atoms with Crippen LogP contribution in [0.15, 0.2) is 12.2 Å². The molecule has 0 N–H and O–H groups in total. The molecule has 0 aromatic carbocycles. The summed E-state index contributed by atoms with van der Waals surface area (Å²) in [7, 11) is 2.70. The van der Waals surface area contributed by atoms with Crippen LogP contribution in [0.1, 0.15) is 13.8 Å². The Bertz CT molecular complexity index is 248. The summed E-state index contributed by atoms with van der Waals surface area (Å²) < 4.78 is 4.40. The van der Waals surface area contributed by atoms with Crippen molar-refractivity contribution in [3.05, 3.63) is 12.2 Å². The average Bonchev–Trinajstić information content (AvgIpc) is 2.22. The van der Waals surface area contributed by atoms with E-state index in [1.807, 2.05) is 0 Å². The monoisotopic (exact) mass is 215 g/mol. The van der Waals surface area contributed by atoms with E-state index in [0.29, 0.717) is 0 Å². The number of amides is 1. The van der Waals surface area contributed by atoms with Gasteiger partial charge in [-0.05, 0) is 0 Å². The lowest BCUT2D eigenvalue weighted by atomic mass is 10.2. The average molecular weight is 215 g/mol. The zero-order chi connectivity index (χ0) is 11.8. The third-order valence-electron chi connectivity index (χ3n) is 1.69. The van der Waals surface area contributed by atoms with Crippen LogP contribution in [-0.4, -0.2) is 37.7 Å². The summed E-state index contributed by atoms with van der Waals surface area (Å²) in [5.41, 5.74) is 0. The van der Waals surface area contributed by atoms with E-state index in [1.54, 1.807) is 13.8 Å². The molecule has 0 aliphatic heterocycles. The van der Waals surface area contributed by atoms with Crippen molar-refractivity contribution >= 4 is 11.9 Å². The Balaban J connectivity index is 4.17. The van der Waals surface area contributed by atoms with Crippen LogP contribution in [0.2, 0.25) is 0 Å². The number of methoxy groups -OCH3 is 1. The van der Waals surface area contributed by atoms with E-state index in [2.05, 4.69) is 4.74 Å². The fourth-order valence-corrected chi connectivity index (χ4v) is 0.855. The van der Waals surface area contributed by atoms with Gasteiger partial charge in [0.2, 0.25) is 5.91 Å². The van der Waals surface area contributed by atoms with Crippen LogP contribution in [0.5, 0.6) is 0 Å². The molecule has 0 radical (unpaired) electrons. The van der Waals surface area contributed by atoms with Gasteiger partial charge in [-0.1, -0.05) is 19.9 Å². The molecule has 0 rings (SSSR count). The van der Waals surface area contributed by atoms with E-state index in [-0.39, 0.29) is 18.4 Å². The van der Waals surface area contributed by atoms with E-state index in [0.717, 1.165) is 0 Å². The topological polar surface area (TPSA) is 55.8 Å². The summed E-state index contributed by atoms with van der Waals surface area (Å²) in [5.74, 6) is -0.730. The number of ether oxygens (including phenoxy) is 1. The number of carbonyl (C=O) groups excluding carboxylic acids is 2. The van der Waals surface area contributed by atoms with E-state index in [1.165, 1.54) is 31.4 Å². The highest BCUT2D eigenvalue weighted by atomic mass is 16.7. The molecule has 86 valence electrons. The van der Waals surface area contributed by atoms with Gasteiger partial charge < -0.3 is 4.74 Å². The molecule has 1 amide bonds. The first-order valence-electron chi connectivity index (χ1n) is 4.62. The Labute approximate surface area is 89.6 Å². The van der Waals surface area contributed by atoms with Gasteiger partial charge in [0.25, 0.3) is 0 Å². The summed E-state index contributed by atoms with van der Waals surface area (Å²) in [6, 6.07) is 0. The van der Waals surface area contributed by atoms with Crippen molar-refractivity contribution in [1.29, 1.82) is 0 Å². The van der Waals surface area contributed by atoms with Crippen LogP contribution in [0.3, 0.4) is 0 Å². The van der Waals surface area contributed by atoms with Gasteiger partial charge in [-0.15, -0.1) is 0 Å². The van der Waals surface area contributed by atoms with Crippen LogP contribution in [0.4, 0.5) is 0 Å². The highest BCUT2D eigenvalue weighted by Gasteiger charge is 2.15. The molecule has 0 aliphatic rings. The Hall–Kier alpha value is -1.36. The summed E-state index contributed by atoms with van der Waals surface area (Å²) in [6.45, 7) is 3.78. The largest absolute Gasteiger partial charge is 0.466 e. The number of nitrogens with zero attached hydrogens (tertiary/aromatic N) is 1. The van der Waals surface area contributed by atoms with Gasteiger partial charge in [-0.25, -0.2) is 9.86 Å². The van der Waals surface area contributed by atoms with Crippen molar-refractivity contribution in [3.63, 3.8) is 0 Å². The van der Waals surface area contributed by atoms with Crippen LogP contribution >= 0.6 is 0 Å². The Morgan fingerprint density at radius 3 is 2.33 bits per heavy atom. The van der Waals surface area contributed by atoms with Crippen molar-refractivity contribution in [2.75, 3.05) is 20.8 Å². The van der Waals surface area contributed by atoms with Gasteiger partial charge in [0.15, 0.2) is 0 Å². The molecule has 0 aliphatic carbocycles. The van der Waals surface area contributed by atoms with Gasteiger partial charge >= 0.3 is 5.97 Å². The number of hydrogen-bond donors (Lipinski definition) is 0. The maximum absolute atomic E-state index is 11.5. The molecule has 15 heavy (non-hydrogen) atoms. The minimum atomic E-state index is -0.456. The van der Waals surface area contributed by atoms with E-state index in [4.69, 9.17) is 4.84 Å². The van der Waals surface area contributed by atoms with E-state index < -0.39 is 5.97 Å². The zero-order valence-electron chi connectivity index (χ0n) is 9.52. The second kappa shape index (κ2) is 7.00. The quantitative estimate of drug-likeness (QED) is 0.386. The van der Waals surface area contributed by atoms with Crippen LogP contribution in [0, 0.1) is 5.92 Å². The van der Waals surface area contributed by atoms with Gasteiger partial charge in [-0.2, -0.15) is 0 Å². The van der Waals surface area contributed by atoms with Gasteiger partial charge in [0.05, 0.1) is 20.8 Å². The predicted octanol–water partition coefficient (Wildman–Crippen LogP) is 0.762. The minimum Gasteiger partial charge on any atom is -0.466 e. The zero-order valence-corrected chi connectivity index (χ0v) is 9.52. The molecule has 0 saturated heterocycles. The van der Waals surface area contributed by atoms with Crippen molar-refractivity contribution in [1.82, 2.24) is 5.06 Å². The van der Waals surface area contributed by atoms with Crippen molar-refractivity contribution in [3.8, 4) is 0 Å². The minimum absolute atomic E-state index is 0.132. The first kappa shape index (κ1) is 13.6. The van der Waals surface area contributed by atoms with E-state index in [9.17, 15) is 9.59 Å². The molecule has 0 fully saturated rings. The lowest BCUT2D eigenvalue weighted by molar-refractivity contribution is -0.176. The molecule has 0 aromatic rings. The van der Waals surface area contributed by atoms with Gasteiger partial charge in [0, 0.05) is 12.0 Å². The van der Waals surface area contributed by atoms with Gasteiger partial charge in [-0.3, -0.25) is 9.63 Å². The Kier molecular flexibility index (Phi) is 6.37. The highest BCUT2D eigenvalue weighted by molar-refractivity contribution is 5.82. The fourth-order valence-electron chi connectivity index (χ4n) is 0.855. The molecule has 0 bridgehead atoms. The second-order valence-corrected chi connectivity index (χ2v) is 3.16. The first-order valence-corrected chi connectivity index (χ1v) is 4.62. The summed E-state index contributed by atoms with van der Waals surface area (Å²) in [6.07, 6.45) is 2.76. The summed E-state index contributed by atoms with van der Waals surface area (Å²) in [5, 5.41) is 1.18. The number of hydrogen-bond acceptors (Lipinski definition) is 4. The fraction of sp³-hybridized carbons (Fsp3) is 0.600. The molecule has 0 atom stereocenters. The molecule has 0 unspecified atom stereocenters. The summed E-state index contributed by atoms with van der Waals surface area (Å²) >= 11 is 0. The normalized spacial score (nSPS) is 10.7. The number of rotatable bonds is 5. The Morgan fingerprint density at radius 2 is 1.93 bits per heavy atom. The maximum Gasteiger partial charge on any atom is 0.330 e. The number of carbonyl (C=O) groups is 2. The van der Waals surface area contributed by atoms with Crippen LogP contribution < -0.4 is 0 Å². The first-order chi connectivity index (χ1) is 7.02. The smallest absolute Gasteiger partial charge is 0.330 e. The van der Waals surface area contributed by atoms with Crippen molar-refractivity contribution in [2.45, 2.75) is 13.8 Å². The third kappa shape index (κ3) is 5.17. The highest BCUT2D eigenvalue weighted by Crippen LogP contribution is 2.01. The number of hydroxylamine groups is 2. The molecule has 5 nitrogen and oxygen atoms in total. The molecule has 0 saturated carbocycles. The SMILES string of the molecule is COC(=O)/C=C/CN(OC)C(=O)C(C)C. The molecule has 5 heteroatoms. The molecule has 0 spiro atoms. The van der Waals surface area contributed by atoms with Crippen molar-refractivity contribution < 1.29 is 19.2 Å². The molecule has 0 aromatic heterocycles. The lowest BCUT2D eigenvalue weighted by Gasteiger charge is -2.19. The van der Waals surface area contributed by atoms with Gasteiger partial charge in [0.1, 0.15) is 0 Å². The lowest BCUT2D eigenvalue weighted by Crippen LogP contribution is -2.33. The second-order valence-electron chi connectivity index (χ2n) is 3.16. The van der Waals surface area contributed by atoms with Crippen molar-refractivity contribution in [2.24, 2.45) is 5.92 Å². The standard InChI is InChI=1S/C10H17NO4/c1-8(2)10(13)11(15-4)7-5-6-9(12)14-3/h5-6,8H,7H2,1-4H3/b6-5+. The van der Waals surface area contributed by atoms with Crippen LogP contribution in [0.25, 0.3) is 0 Å². The maximum atomic E-state index is 11.5. The number of esters is 1. The predicted molar refractivity (Wildman–Crippen MR) is 54.7 cm³/mol. The molecular formula is C10H17NO4. The molecular weight excluding hydrogens is 198 g/mol. The Morgan fingerprint density at radius 1 is 1.33 bits per heavy atom.